The second-order valence-electron chi connectivity index (χ2n) is 6.44. The molecular formula is C14H25NO. The fourth-order valence-corrected chi connectivity index (χ4v) is 4.04. The van der Waals surface area contributed by atoms with Crippen molar-refractivity contribution in [2.45, 2.75) is 64.8 Å². The van der Waals surface area contributed by atoms with E-state index in [0.717, 1.165) is 19.3 Å². The minimum atomic E-state index is -0.0974. The van der Waals surface area contributed by atoms with Gasteiger partial charge in [0.1, 0.15) is 5.78 Å². The predicted octanol–water partition coefficient (Wildman–Crippen LogP) is 2.90. The van der Waals surface area contributed by atoms with Crippen LogP contribution in [-0.4, -0.2) is 11.3 Å². The van der Waals surface area contributed by atoms with Gasteiger partial charge in [-0.15, -0.1) is 0 Å². The highest BCUT2D eigenvalue weighted by Gasteiger charge is 2.54. The van der Waals surface area contributed by atoms with Gasteiger partial charge in [-0.25, -0.2) is 0 Å². The molecule has 0 bridgehead atoms. The van der Waals surface area contributed by atoms with Gasteiger partial charge >= 0.3 is 0 Å². The minimum absolute atomic E-state index is 0.0974. The van der Waals surface area contributed by atoms with E-state index in [1.165, 1.54) is 19.3 Å². The van der Waals surface area contributed by atoms with Crippen molar-refractivity contribution in [1.29, 1.82) is 0 Å². The Bertz CT molecular complexity index is 301. The highest BCUT2D eigenvalue weighted by molar-refractivity contribution is 5.78. The summed E-state index contributed by atoms with van der Waals surface area (Å²) in [6.45, 7) is 6.35. The first-order chi connectivity index (χ1) is 7.39. The first kappa shape index (κ1) is 12.1. The standard InChI is InChI=1S/C14H25NO/c1-10-5-4-7-13(3)8-6-12(11(2)16)9-14(10,13)15/h10,12H,4-9,15H2,1-3H3/t10-,12-,13-,14+/m1/s1. The van der Waals surface area contributed by atoms with Gasteiger partial charge in [-0.2, -0.15) is 0 Å². The van der Waals surface area contributed by atoms with Crippen molar-refractivity contribution in [3.8, 4) is 0 Å². The highest BCUT2D eigenvalue weighted by Crippen LogP contribution is 2.55. The SMILES string of the molecule is CC(=O)[C@@H]1CC[C@@]2(C)CCC[C@@H](C)[C@@]2(N)C1. The summed E-state index contributed by atoms with van der Waals surface area (Å²) in [4.78, 5) is 11.6. The van der Waals surface area contributed by atoms with Crippen LogP contribution in [0.15, 0.2) is 0 Å². The maximum atomic E-state index is 11.6. The highest BCUT2D eigenvalue weighted by atomic mass is 16.1. The van der Waals surface area contributed by atoms with Crippen LogP contribution in [0.4, 0.5) is 0 Å². The molecule has 0 aromatic carbocycles. The zero-order valence-electron chi connectivity index (χ0n) is 10.9. The Labute approximate surface area is 99.0 Å². The van der Waals surface area contributed by atoms with Crippen LogP contribution >= 0.6 is 0 Å². The Morgan fingerprint density at radius 3 is 2.62 bits per heavy atom. The Morgan fingerprint density at radius 1 is 1.31 bits per heavy atom. The van der Waals surface area contributed by atoms with Crippen LogP contribution in [0.25, 0.3) is 0 Å². The molecule has 0 aliphatic heterocycles. The van der Waals surface area contributed by atoms with Crippen molar-refractivity contribution in [3.63, 3.8) is 0 Å². The second kappa shape index (κ2) is 3.83. The van der Waals surface area contributed by atoms with Gasteiger partial charge < -0.3 is 5.73 Å². The molecule has 2 rings (SSSR count). The number of nitrogens with two attached hydrogens (primary N) is 1. The van der Waals surface area contributed by atoms with Crippen molar-refractivity contribution < 1.29 is 4.79 Å². The number of Topliss-reactive ketones (excluding diaryl/α,β-unsaturated/α-hetero) is 1. The molecule has 2 saturated carbocycles. The number of hydrogen-bond donors (Lipinski definition) is 1. The summed E-state index contributed by atoms with van der Waals surface area (Å²) >= 11 is 0. The molecule has 0 unspecified atom stereocenters. The van der Waals surface area contributed by atoms with Gasteiger partial charge in [-0.05, 0) is 50.4 Å². The summed E-state index contributed by atoms with van der Waals surface area (Å²) < 4.78 is 0. The average molecular weight is 223 g/mol. The molecule has 0 heterocycles. The molecule has 92 valence electrons. The third-order valence-corrected chi connectivity index (χ3v) is 5.57. The van der Waals surface area contributed by atoms with Crippen LogP contribution in [0.5, 0.6) is 0 Å². The molecule has 2 aliphatic carbocycles. The van der Waals surface area contributed by atoms with Gasteiger partial charge in [0.2, 0.25) is 0 Å². The molecule has 2 heteroatoms. The summed E-state index contributed by atoms with van der Waals surface area (Å²) in [6, 6.07) is 0. The van der Waals surface area contributed by atoms with E-state index in [-0.39, 0.29) is 16.9 Å². The van der Waals surface area contributed by atoms with Gasteiger partial charge in [-0.3, -0.25) is 4.79 Å². The van der Waals surface area contributed by atoms with Crippen molar-refractivity contribution in [2.75, 3.05) is 0 Å². The number of hydrogen-bond acceptors (Lipinski definition) is 2. The first-order valence-electron chi connectivity index (χ1n) is 6.68. The largest absolute Gasteiger partial charge is 0.324 e. The molecule has 4 atom stereocenters. The van der Waals surface area contributed by atoms with Crippen LogP contribution in [0.1, 0.15) is 59.3 Å². The van der Waals surface area contributed by atoms with E-state index < -0.39 is 0 Å². The molecule has 0 aromatic rings. The van der Waals surface area contributed by atoms with Crippen LogP contribution in [0.2, 0.25) is 0 Å². The summed E-state index contributed by atoms with van der Waals surface area (Å²) in [6.07, 6.45) is 6.89. The quantitative estimate of drug-likeness (QED) is 0.742. The predicted molar refractivity (Wildman–Crippen MR) is 66.1 cm³/mol. The van der Waals surface area contributed by atoms with Crippen molar-refractivity contribution >= 4 is 5.78 Å². The molecule has 0 amide bonds. The van der Waals surface area contributed by atoms with E-state index in [1.54, 1.807) is 6.92 Å². The topological polar surface area (TPSA) is 43.1 Å². The van der Waals surface area contributed by atoms with Crippen LogP contribution in [0.3, 0.4) is 0 Å². The Balaban J connectivity index is 2.26. The van der Waals surface area contributed by atoms with Gasteiger partial charge in [0.05, 0.1) is 0 Å². The first-order valence-corrected chi connectivity index (χ1v) is 6.68. The lowest BCUT2D eigenvalue weighted by atomic mass is 9.50. The third-order valence-electron chi connectivity index (χ3n) is 5.57. The van der Waals surface area contributed by atoms with E-state index in [1.807, 2.05) is 0 Å². The molecule has 2 fully saturated rings. The van der Waals surface area contributed by atoms with E-state index in [2.05, 4.69) is 13.8 Å². The maximum Gasteiger partial charge on any atom is 0.132 e. The Kier molecular flexibility index (Phi) is 2.90. The maximum absolute atomic E-state index is 11.6. The van der Waals surface area contributed by atoms with Crippen molar-refractivity contribution in [3.05, 3.63) is 0 Å². The fraction of sp³-hybridized carbons (Fsp3) is 0.929. The van der Waals surface area contributed by atoms with E-state index in [9.17, 15) is 4.79 Å². The molecular weight excluding hydrogens is 198 g/mol. The Morgan fingerprint density at radius 2 is 2.00 bits per heavy atom. The number of carbonyl (C=O) groups excluding carboxylic acids is 1. The van der Waals surface area contributed by atoms with E-state index >= 15 is 0 Å². The summed E-state index contributed by atoms with van der Waals surface area (Å²) in [5.41, 5.74) is 6.90. The lowest BCUT2D eigenvalue weighted by Crippen LogP contribution is -2.63. The van der Waals surface area contributed by atoms with E-state index in [0.29, 0.717) is 11.7 Å². The zero-order valence-corrected chi connectivity index (χ0v) is 10.9. The molecule has 2 aliphatic rings. The van der Waals surface area contributed by atoms with Gasteiger partial charge in [-0.1, -0.05) is 20.3 Å². The Hall–Kier alpha value is -0.370. The van der Waals surface area contributed by atoms with Crippen molar-refractivity contribution in [2.24, 2.45) is 23.0 Å². The van der Waals surface area contributed by atoms with Crippen LogP contribution in [-0.2, 0) is 4.79 Å². The number of ketones is 1. The number of fused-ring (bicyclic) bond motifs is 1. The van der Waals surface area contributed by atoms with Crippen LogP contribution in [0, 0.1) is 17.3 Å². The second-order valence-corrected chi connectivity index (χ2v) is 6.44. The lowest BCUT2D eigenvalue weighted by molar-refractivity contribution is -0.126. The van der Waals surface area contributed by atoms with Crippen LogP contribution < -0.4 is 5.73 Å². The number of rotatable bonds is 1. The average Bonchev–Trinajstić information content (AvgIpc) is 2.20. The molecule has 0 spiro atoms. The molecule has 16 heavy (non-hydrogen) atoms. The number of carbonyl (C=O) groups is 1. The monoisotopic (exact) mass is 223 g/mol. The molecule has 2 nitrogen and oxygen atoms in total. The normalized spacial score (nSPS) is 48.5. The third kappa shape index (κ3) is 1.62. The van der Waals surface area contributed by atoms with Gasteiger partial charge in [0.25, 0.3) is 0 Å². The summed E-state index contributed by atoms with van der Waals surface area (Å²) in [5.74, 6) is 1.12. The van der Waals surface area contributed by atoms with Gasteiger partial charge in [0, 0.05) is 11.5 Å². The molecule has 2 N–H and O–H groups in total. The summed E-state index contributed by atoms with van der Waals surface area (Å²) in [7, 11) is 0. The zero-order chi connectivity index (χ0) is 12.0. The van der Waals surface area contributed by atoms with Crippen molar-refractivity contribution in [1.82, 2.24) is 0 Å². The van der Waals surface area contributed by atoms with Gasteiger partial charge in [0.15, 0.2) is 0 Å². The minimum Gasteiger partial charge on any atom is -0.324 e. The molecule has 0 aromatic heterocycles. The summed E-state index contributed by atoms with van der Waals surface area (Å²) in [5, 5.41) is 0. The smallest absolute Gasteiger partial charge is 0.132 e. The molecule has 0 radical (unpaired) electrons. The fourth-order valence-electron chi connectivity index (χ4n) is 4.04. The lowest BCUT2D eigenvalue weighted by Gasteiger charge is -2.58. The molecule has 0 saturated heterocycles. The van der Waals surface area contributed by atoms with E-state index in [4.69, 9.17) is 5.73 Å².